The average molecular weight is 375 g/mol. The van der Waals surface area contributed by atoms with Gasteiger partial charge in [0.25, 0.3) is 5.09 Å². The first-order chi connectivity index (χ1) is 11.9. The third-order valence-corrected chi connectivity index (χ3v) is 3.54. The molecule has 148 valence electrons. The van der Waals surface area contributed by atoms with Gasteiger partial charge in [0.1, 0.15) is 0 Å². The highest BCUT2D eigenvalue weighted by Gasteiger charge is 2.30. The lowest BCUT2D eigenvalue weighted by Crippen LogP contribution is -2.53. The number of likely N-dealkylation sites (tertiary alicyclic amines) is 1. The van der Waals surface area contributed by atoms with Crippen LogP contribution in [0.1, 0.15) is 33.1 Å². The van der Waals surface area contributed by atoms with E-state index >= 15 is 0 Å². The van der Waals surface area contributed by atoms with Gasteiger partial charge in [-0.15, -0.1) is 10.1 Å². The van der Waals surface area contributed by atoms with Gasteiger partial charge in [0, 0.05) is 25.2 Å². The molecule has 1 saturated heterocycles. The second kappa shape index (κ2) is 11.0. The van der Waals surface area contributed by atoms with Gasteiger partial charge in [0.2, 0.25) is 5.91 Å². The summed E-state index contributed by atoms with van der Waals surface area (Å²) in [6, 6.07) is 0. The standard InChI is InChI=1S/C11H21N3O4.C4H4O4/c1-11(2,12)10(15)13-6-3-9(4-7-13)5-8-18-14(16)17;5-3(6)1-2-4(7)8/h9H,3-8,12H2,1-2H3;1-2H,(H,5,6)(H,7,8)/b;2-1+. The minimum atomic E-state index is -1.26. The molecule has 11 heteroatoms. The van der Waals surface area contributed by atoms with Crippen LogP contribution in [0.2, 0.25) is 0 Å². The largest absolute Gasteiger partial charge is 0.478 e. The van der Waals surface area contributed by atoms with E-state index in [1.54, 1.807) is 18.7 Å². The number of nitrogens with two attached hydrogens (primary N) is 1. The Morgan fingerprint density at radius 1 is 1.23 bits per heavy atom. The van der Waals surface area contributed by atoms with Crippen molar-refractivity contribution in [1.82, 2.24) is 4.90 Å². The fourth-order valence-corrected chi connectivity index (χ4v) is 2.27. The second-order valence-corrected chi connectivity index (χ2v) is 6.31. The quantitative estimate of drug-likeness (QED) is 0.320. The zero-order chi connectivity index (χ0) is 20.3. The van der Waals surface area contributed by atoms with E-state index in [-0.39, 0.29) is 12.5 Å². The molecule has 1 aliphatic heterocycles. The lowest BCUT2D eigenvalue weighted by molar-refractivity contribution is -0.758. The van der Waals surface area contributed by atoms with Gasteiger partial charge in [-0.1, -0.05) is 0 Å². The van der Waals surface area contributed by atoms with Crippen LogP contribution in [0.5, 0.6) is 0 Å². The van der Waals surface area contributed by atoms with E-state index in [4.69, 9.17) is 15.9 Å². The summed E-state index contributed by atoms with van der Waals surface area (Å²) in [4.78, 5) is 47.1. The van der Waals surface area contributed by atoms with E-state index in [2.05, 4.69) is 4.84 Å². The molecular weight excluding hydrogens is 350 g/mol. The molecule has 1 heterocycles. The summed E-state index contributed by atoms with van der Waals surface area (Å²) in [6.07, 6.45) is 3.48. The van der Waals surface area contributed by atoms with Crippen molar-refractivity contribution in [2.45, 2.75) is 38.6 Å². The maximum Gasteiger partial charge on any atom is 0.328 e. The number of hydrogen-bond donors (Lipinski definition) is 3. The molecule has 1 rings (SSSR count). The van der Waals surface area contributed by atoms with Crippen molar-refractivity contribution in [3.8, 4) is 0 Å². The Bertz CT molecular complexity index is 517. The van der Waals surface area contributed by atoms with Crippen LogP contribution in [-0.2, 0) is 19.2 Å². The Labute approximate surface area is 150 Å². The van der Waals surface area contributed by atoms with Crippen LogP contribution in [0.4, 0.5) is 0 Å². The molecule has 1 fully saturated rings. The maximum absolute atomic E-state index is 11.9. The van der Waals surface area contributed by atoms with Crippen LogP contribution >= 0.6 is 0 Å². The number of hydrogen-bond acceptors (Lipinski definition) is 7. The molecule has 1 aliphatic rings. The minimum absolute atomic E-state index is 0.0394. The maximum atomic E-state index is 11.9. The zero-order valence-corrected chi connectivity index (χ0v) is 14.8. The van der Waals surface area contributed by atoms with Crippen molar-refractivity contribution < 1.29 is 34.5 Å². The third-order valence-electron chi connectivity index (χ3n) is 3.54. The van der Waals surface area contributed by atoms with Gasteiger partial charge < -0.3 is 25.7 Å². The van der Waals surface area contributed by atoms with E-state index in [9.17, 15) is 24.5 Å². The van der Waals surface area contributed by atoms with Crippen molar-refractivity contribution in [3.05, 3.63) is 22.3 Å². The minimum Gasteiger partial charge on any atom is -0.478 e. The number of carbonyl (C=O) groups excluding carboxylic acids is 1. The number of rotatable bonds is 7. The van der Waals surface area contributed by atoms with Gasteiger partial charge in [-0.2, -0.15) is 0 Å². The number of aliphatic carboxylic acids is 2. The van der Waals surface area contributed by atoms with Crippen molar-refractivity contribution in [1.29, 1.82) is 0 Å². The Hall–Kier alpha value is -2.69. The summed E-state index contributed by atoms with van der Waals surface area (Å²) in [5.74, 6) is -2.17. The van der Waals surface area contributed by atoms with Gasteiger partial charge in [0.05, 0.1) is 12.1 Å². The Balaban J connectivity index is 0.000000660. The van der Waals surface area contributed by atoms with Crippen molar-refractivity contribution in [2.24, 2.45) is 11.7 Å². The zero-order valence-electron chi connectivity index (χ0n) is 14.8. The number of carboxylic acids is 2. The Kier molecular flexibility index (Phi) is 9.89. The summed E-state index contributed by atoms with van der Waals surface area (Å²) in [5.41, 5.74) is 4.94. The number of amides is 1. The van der Waals surface area contributed by atoms with E-state index in [1.165, 1.54) is 0 Å². The molecule has 0 bridgehead atoms. The molecule has 0 spiro atoms. The lowest BCUT2D eigenvalue weighted by Gasteiger charge is -2.35. The number of piperidine rings is 1. The molecule has 0 aromatic rings. The van der Waals surface area contributed by atoms with E-state index in [0.29, 0.717) is 37.6 Å². The molecule has 4 N–H and O–H groups in total. The highest BCUT2D eigenvalue weighted by molar-refractivity contribution is 5.89. The van der Waals surface area contributed by atoms with Crippen molar-refractivity contribution in [2.75, 3.05) is 19.7 Å². The van der Waals surface area contributed by atoms with Crippen LogP contribution in [0.15, 0.2) is 12.2 Å². The fourth-order valence-electron chi connectivity index (χ4n) is 2.27. The van der Waals surface area contributed by atoms with E-state index in [1.807, 2.05) is 0 Å². The second-order valence-electron chi connectivity index (χ2n) is 6.31. The van der Waals surface area contributed by atoms with Crippen LogP contribution < -0.4 is 5.73 Å². The average Bonchev–Trinajstić information content (AvgIpc) is 2.52. The summed E-state index contributed by atoms with van der Waals surface area (Å²) in [7, 11) is 0. The normalized spacial score (nSPS) is 15.1. The monoisotopic (exact) mass is 375 g/mol. The van der Waals surface area contributed by atoms with Gasteiger partial charge in [-0.05, 0) is 39.0 Å². The van der Waals surface area contributed by atoms with E-state index < -0.39 is 22.6 Å². The molecule has 1 amide bonds. The summed E-state index contributed by atoms with van der Waals surface area (Å²) in [5, 5.41) is 24.9. The van der Waals surface area contributed by atoms with Crippen LogP contribution in [0, 0.1) is 16.0 Å². The number of carbonyl (C=O) groups is 3. The topological polar surface area (TPSA) is 173 Å². The first-order valence-corrected chi connectivity index (χ1v) is 7.93. The van der Waals surface area contributed by atoms with Gasteiger partial charge in [0.15, 0.2) is 0 Å². The SMILES string of the molecule is CC(C)(N)C(=O)N1CCC(CCO[N+](=O)[O-])CC1.O=C(O)/C=C/C(=O)O. The van der Waals surface area contributed by atoms with Crippen LogP contribution in [0.25, 0.3) is 0 Å². The fraction of sp³-hybridized carbons (Fsp3) is 0.667. The van der Waals surface area contributed by atoms with Crippen molar-refractivity contribution in [3.63, 3.8) is 0 Å². The van der Waals surface area contributed by atoms with Gasteiger partial charge in [-0.25, -0.2) is 9.59 Å². The molecule has 0 saturated carbocycles. The smallest absolute Gasteiger partial charge is 0.328 e. The number of nitrogens with zero attached hydrogens (tertiary/aromatic N) is 2. The lowest BCUT2D eigenvalue weighted by atomic mass is 9.92. The Morgan fingerprint density at radius 3 is 2.04 bits per heavy atom. The molecule has 26 heavy (non-hydrogen) atoms. The molecule has 0 radical (unpaired) electrons. The molecule has 0 aromatic carbocycles. The molecule has 0 unspecified atom stereocenters. The van der Waals surface area contributed by atoms with E-state index in [0.717, 1.165) is 12.8 Å². The summed E-state index contributed by atoms with van der Waals surface area (Å²) < 4.78 is 0. The third kappa shape index (κ3) is 11.0. The molecule has 0 atom stereocenters. The molecule has 11 nitrogen and oxygen atoms in total. The van der Waals surface area contributed by atoms with Crippen LogP contribution in [-0.4, -0.2) is 63.3 Å². The van der Waals surface area contributed by atoms with Gasteiger partial charge in [-0.3, -0.25) is 4.79 Å². The first kappa shape index (κ1) is 23.3. The summed E-state index contributed by atoms with van der Waals surface area (Å²) in [6.45, 7) is 4.87. The predicted molar refractivity (Wildman–Crippen MR) is 89.5 cm³/mol. The summed E-state index contributed by atoms with van der Waals surface area (Å²) >= 11 is 0. The van der Waals surface area contributed by atoms with Crippen LogP contribution in [0.3, 0.4) is 0 Å². The first-order valence-electron chi connectivity index (χ1n) is 7.93. The van der Waals surface area contributed by atoms with Crippen molar-refractivity contribution >= 4 is 17.8 Å². The predicted octanol–water partition coefficient (Wildman–Crippen LogP) is 0.273. The highest BCUT2D eigenvalue weighted by atomic mass is 16.9. The van der Waals surface area contributed by atoms with Gasteiger partial charge >= 0.3 is 11.9 Å². The highest BCUT2D eigenvalue weighted by Crippen LogP contribution is 2.22. The molecular formula is C15H25N3O8. The molecule has 0 aliphatic carbocycles. The molecule has 0 aromatic heterocycles. The number of carboxylic acid groups (broad SMARTS) is 2. The Morgan fingerprint density at radius 2 is 1.69 bits per heavy atom.